The molecule has 0 radical (unpaired) electrons. The van der Waals surface area contributed by atoms with Crippen LogP contribution >= 0.6 is 23.2 Å². The summed E-state index contributed by atoms with van der Waals surface area (Å²) in [5, 5.41) is 21.2. The minimum absolute atomic E-state index is 0.187. The van der Waals surface area contributed by atoms with Crippen molar-refractivity contribution in [2.45, 2.75) is 12.5 Å². The number of ether oxygens (including phenoxy) is 1. The summed E-state index contributed by atoms with van der Waals surface area (Å²) in [4.78, 5) is 15.2. The van der Waals surface area contributed by atoms with Crippen LogP contribution in [-0.2, 0) is 10.4 Å². The second-order valence-corrected chi connectivity index (χ2v) is 9.73. The van der Waals surface area contributed by atoms with Crippen molar-refractivity contribution in [1.29, 1.82) is 5.26 Å². The standard InChI is InChI=1S/C22H25ClN4O3.C6H5Cl/c1-22(29,17-4-2-16(13-24)3-5-17)15-26-8-10-27(11-9-26)20-7-6-18(12-19(20)23)30-14-21(25)28;7-6-4-2-1-3-5-6/h2-7,12,29H,8-11,14-15H2,1H3,(H2,25,28);1-5H/t22-;/m1./s1. The maximum Gasteiger partial charge on any atom is 0.255 e. The van der Waals surface area contributed by atoms with E-state index in [9.17, 15) is 9.90 Å². The molecule has 1 saturated heterocycles. The fourth-order valence-corrected chi connectivity index (χ4v) is 4.42. The number of nitrogens with zero attached hydrogens (tertiary/aromatic N) is 3. The van der Waals surface area contributed by atoms with Gasteiger partial charge in [0.1, 0.15) is 5.75 Å². The Bertz CT molecular complexity index is 1210. The molecular weight excluding hydrogens is 511 g/mol. The van der Waals surface area contributed by atoms with Crippen LogP contribution < -0.4 is 15.4 Å². The Morgan fingerprint density at radius 1 is 1.05 bits per heavy atom. The molecule has 3 aromatic carbocycles. The number of hydrogen-bond donors (Lipinski definition) is 2. The predicted molar refractivity (Wildman–Crippen MR) is 147 cm³/mol. The van der Waals surface area contributed by atoms with Crippen LogP contribution in [0.3, 0.4) is 0 Å². The Kier molecular flexibility index (Phi) is 10.2. The molecule has 4 rings (SSSR count). The van der Waals surface area contributed by atoms with E-state index in [-0.39, 0.29) is 6.61 Å². The van der Waals surface area contributed by atoms with E-state index in [2.05, 4.69) is 15.9 Å². The quantitative estimate of drug-likeness (QED) is 0.459. The first-order valence-electron chi connectivity index (χ1n) is 11.8. The molecule has 194 valence electrons. The van der Waals surface area contributed by atoms with Crippen LogP contribution in [0.4, 0.5) is 5.69 Å². The number of hydrogen-bond acceptors (Lipinski definition) is 6. The number of primary amides is 1. The molecule has 0 saturated carbocycles. The van der Waals surface area contributed by atoms with Crippen molar-refractivity contribution in [2.75, 3.05) is 44.2 Å². The zero-order chi connectivity index (χ0) is 26.8. The van der Waals surface area contributed by atoms with E-state index in [1.54, 1.807) is 43.3 Å². The molecule has 1 amide bonds. The van der Waals surface area contributed by atoms with Crippen molar-refractivity contribution in [3.05, 3.63) is 94.0 Å². The van der Waals surface area contributed by atoms with E-state index in [1.165, 1.54) is 0 Å². The number of nitrogens with two attached hydrogens (primary N) is 1. The van der Waals surface area contributed by atoms with Gasteiger partial charge in [0.15, 0.2) is 6.61 Å². The lowest BCUT2D eigenvalue weighted by Gasteiger charge is -2.39. The Morgan fingerprint density at radius 3 is 2.22 bits per heavy atom. The first kappa shape index (κ1) is 28.3. The minimum Gasteiger partial charge on any atom is -0.484 e. The van der Waals surface area contributed by atoms with E-state index in [1.807, 2.05) is 36.4 Å². The SMILES string of the molecule is C[C@@](O)(CN1CCN(c2ccc(OCC(N)=O)cc2Cl)CC1)c1ccc(C#N)cc1.Clc1ccccc1. The smallest absolute Gasteiger partial charge is 0.255 e. The normalized spacial score (nSPS) is 15.1. The van der Waals surface area contributed by atoms with Crippen molar-refractivity contribution in [3.8, 4) is 11.8 Å². The van der Waals surface area contributed by atoms with Gasteiger partial charge in [-0.3, -0.25) is 9.69 Å². The lowest BCUT2D eigenvalue weighted by atomic mass is 9.94. The van der Waals surface area contributed by atoms with Gasteiger partial charge in [0, 0.05) is 43.8 Å². The van der Waals surface area contributed by atoms with Gasteiger partial charge in [-0.15, -0.1) is 0 Å². The molecule has 1 aliphatic heterocycles. The van der Waals surface area contributed by atoms with Gasteiger partial charge in [-0.25, -0.2) is 0 Å². The molecule has 37 heavy (non-hydrogen) atoms. The molecule has 7 nitrogen and oxygen atoms in total. The van der Waals surface area contributed by atoms with Gasteiger partial charge >= 0.3 is 0 Å². The molecule has 1 fully saturated rings. The van der Waals surface area contributed by atoms with Crippen LogP contribution in [0, 0.1) is 11.3 Å². The third-order valence-corrected chi connectivity index (χ3v) is 6.47. The molecule has 1 heterocycles. The molecule has 0 aromatic heterocycles. The summed E-state index contributed by atoms with van der Waals surface area (Å²) in [5.41, 5.74) is 6.35. The van der Waals surface area contributed by atoms with Crippen LogP contribution in [0.15, 0.2) is 72.8 Å². The fourth-order valence-electron chi connectivity index (χ4n) is 3.98. The number of piperazine rings is 1. The van der Waals surface area contributed by atoms with Gasteiger partial charge in [-0.2, -0.15) is 5.26 Å². The first-order valence-corrected chi connectivity index (χ1v) is 12.5. The molecule has 0 bridgehead atoms. The third-order valence-electron chi connectivity index (χ3n) is 5.91. The number of aliphatic hydroxyl groups is 1. The van der Waals surface area contributed by atoms with Gasteiger partial charge in [0.05, 0.1) is 27.9 Å². The number of nitriles is 1. The fraction of sp³-hybridized carbons (Fsp3) is 0.286. The molecular formula is C28H30Cl2N4O3. The first-order chi connectivity index (χ1) is 17.7. The van der Waals surface area contributed by atoms with Gasteiger partial charge in [0.2, 0.25) is 0 Å². The minimum atomic E-state index is -1.01. The Morgan fingerprint density at radius 2 is 1.70 bits per heavy atom. The Labute approximate surface area is 227 Å². The number of carbonyl (C=O) groups excluding carboxylic acids is 1. The summed E-state index contributed by atoms with van der Waals surface area (Å²) in [7, 11) is 0. The van der Waals surface area contributed by atoms with Gasteiger partial charge in [-0.05, 0) is 48.9 Å². The zero-order valence-electron chi connectivity index (χ0n) is 20.6. The summed E-state index contributed by atoms with van der Waals surface area (Å²) >= 11 is 12.0. The average Bonchev–Trinajstić information content (AvgIpc) is 2.89. The predicted octanol–water partition coefficient (Wildman–Crippen LogP) is 4.45. The lowest BCUT2D eigenvalue weighted by molar-refractivity contribution is -0.119. The molecule has 1 aliphatic rings. The number of β-amino-alcohol motifs (C(OH)–C–C–N with tert-alkyl or cyclic N) is 1. The van der Waals surface area contributed by atoms with Crippen molar-refractivity contribution < 1.29 is 14.6 Å². The maximum atomic E-state index is 10.9. The van der Waals surface area contributed by atoms with E-state index in [0.717, 1.165) is 42.5 Å². The van der Waals surface area contributed by atoms with E-state index >= 15 is 0 Å². The second-order valence-electron chi connectivity index (χ2n) is 8.89. The molecule has 3 aromatic rings. The molecule has 0 aliphatic carbocycles. The average molecular weight is 541 g/mol. The van der Waals surface area contributed by atoms with Crippen LogP contribution in [0.1, 0.15) is 18.1 Å². The third kappa shape index (κ3) is 8.66. The Balaban J connectivity index is 0.000000468. The summed E-state index contributed by atoms with van der Waals surface area (Å²) in [5.74, 6) is -0.0390. The van der Waals surface area contributed by atoms with Crippen LogP contribution in [0.25, 0.3) is 0 Å². The summed E-state index contributed by atoms with van der Waals surface area (Å²) in [6.07, 6.45) is 0. The number of carbonyl (C=O) groups is 1. The topological polar surface area (TPSA) is 103 Å². The highest BCUT2D eigenvalue weighted by Gasteiger charge is 2.28. The second kappa shape index (κ2) is 13.3. The number of halogens is 2. The number of amides is 1. The van der Waals surface area contributed by atoms with Crippen molar-refractivity contribution >= 4 is 34.8 Å². The molecule has 1 atom stereocenters. The van der Waals surface area contributed by atoms with E-state index < -0.39 is 11.5 Å². The highest BCUT2D eigenvalue weighted by Crippen LogP contribution is 2.31. The highest BCUT2D eigenvalue weighted by molar-refractivity contribution is 6.33. The number of benzene rings is 3. The van der Waals surface area contributed by atoms with Gasteiger partial charge in [0.25, 0.3) is 5.91 Å². The lowest BCUT2D eigenvalue weighted by Crippen LogP contribution is -2.50. The van der Waals surface area contributed by atoms with Crippen molar-refractivity contribution in [2.24, 2.45) is 5.73 Å². The van der Waals surface area contributed by atoms with E-state index in [4.69, 9.17) is 38.9 Å². The van der Waals surface area contributed by atoms with E-state index in [0.29, 0.717) is 22.9 Å². The summed E-state index contributed by atoms with van der Waals surface area (Å²) in [6, 6.07) is 23.9. The largest absolute Gasteiger partial charge is 0.484 e. The van der Waals surface area contributed by atoms with Crippen LogP contribution in [-0.4, -0.2) is 55.2 Å². The maximum absolute atomic E-state index is 10.9. The summed E-state index contributed by atoms with van der Waals surface area (Å²) < 4.78 is 5.29. The van der Waals surface area contributed by atoms with Gasteiger partial charge in [-0.1, -0.05) is 53.5 Å². The molecule has 3 N–H and O–H groups in total. The van der Waals surface area contributed by atoms with Crippen LogP contribution in [0.2, 0.25) is 10.0 Å². The van der Waals surface area contributed by atoms with Crippen molar-refractivity contribution in [1.82, 2.24) is 4.90 Å². The molecule has 9 heteroatoms. The van der Waals surface area contributed by atoms with Crippen molar-refractivity contribution in [3.63, 3.8) is 0 Å². The summed E-state index contributed by atoms with van der Waals surface area (Å²) in [6.45, 7) is 5.21. The zero-order valence-corrected chi connectivity index (χ0v) is 22.1. The number of rotatable bonds is 7. The Hall–Kier alpha value is -3.28. The highest BCUT2D eigenvalue weighted by atomic mass is 35.5. The number of anilines is 1. The molecule has 0 unspecified atom stereocenters. The van der Waals surface area contributed by atoms with Crippen LogP contribution in [0.5, 0.6) is 5.75 Å². The monoisotopic (exact) mass is 540 g/mol. The van der Waals surface area contributed by atoms with Gasteiger partial charge < -0.3 is 20.5 Å². The molecule has 0 spiro atoms.